The van der Waals surface area contributed by atoms with E-state index in [1.807, 2.05) is 6.92 Å². The van der Waals surface area contributed by atoms with Gasteiger partial charge >= 0.3 is 11.9 Å². The molecule has 0 amide bonds. The molecule has 0 radical (unpaired) electrons. The van der Waals surface area contributed by atoms with Crippen LogP contribution in [0.15, 0.2) is 39.6 Å². The third-order valence-corrected chi connectivity index (χ3v) is 4.90. The van der Waals surface area contributed by atoms with E-state index in [0.29, 0.717) is 5.76 Å². The van der Waals surface area contributed by atoms with Crippen LogP contribution in [-0.4, -0.2) is 34.0 Å². The van der Waals surface area contributed by atoms with Crippen molar-refractivity contribution in [1.29, 1.82) is 0 Å². The standard InChI is InChI=1S/C17H19NO7S/c1-11-4-6-14(7-5-11)26(21,22)18-9-16(19)24-10-13-8-15(12(2)25-13)17(20)23-3/h4-8,18H,9-10H2,1-3H3. The number of hydrogen-bond acceptors (Lipinski definition) is 7. The Bertz CT molecular complexity index is 898. The zero-order valence-corrected chi connectivity index (χ0v) is 15.4. The van der Waals surface area contributed by atoms with Crippen LogP contribution in [0.1, 0.15) is 27.4 Å². The van der Waals surface area contributed by atoms with Crippen molar-refractivity contribution in [2.24, 2.45) is 0 Å². The van der Waals surface area contributed by atoms with Gasteiger partial charge in [-0.3, -0.25) is 4.79 Å². The predicted molar refractivity (Wildman–Crippen MR) is 90.9 cm³/mol. The van der Waals surface area contributed by atoms with Gasteiger partial charge in [-0.1, -0.05) is 17.7 Å². The number of carbonyl (C=O) groups is 2. The van der Waals surface area contributed by atoms with Gasteiger partial charge in [-0.25, -0.2) is 13.2 Å². The number of rotatable bonds is 7. The summed E-state index contributed by atoms with van der Waals surface area (Å²) < 4.78 is 41.2. The number of benzene rings is 1. The quantitative estimate of drug-likeness (QED) is 0.727. The maximum atomic E-state index is 12.1. The Morgan fingerprint density at radius 3 is 2.42 bits per heavy atom. The van der Waals surface area contributed by atoms with Crippen molar-refractivity contribution < 1.29 is 31.9 Å². The first-order valence-corrected chi connectivity index (χ1v) is 9.11. The molecule has 0 aliphatic heterocycles. The molecule has 1 N–H and O–H groups in total. The van der Waals surface area contributed by atoms with Gasteiger partial charge in [0.15, 0.2) is 0 Å². The van der Waals surface area contributed by atoms with E-state index in [4.69, 9.17) is 9.15 Å². The van der Waals surface area contributed by atoms with Crippen LogP contribution < -0.4 is 4.72 Å². The molecule has 1 aromatic carbocycles. The van der Waals surface area contributed by atoms with E-state index in [9.17, 15) is 18.0 Å². The lowest BCUT2D eigenvalue weighted by molar-refractivity contribution is -0.144. The third kappa shape index (κ3) is 4.93. The fraction of sp³-hybridized carbons (Fsp3) is 0.294. The Morgan fingerprint density at radius 2 is 1.81 bits per heavy atom. The van der Waals surface area contributed by atoms with Gasteiger partial charge in [0.25, 0.3) is 0 Å². The second-order valence-corrected chi connectivity index (χ2v) is 7.24. The number of esters is 2. The van der Waals surface area contributed by atoms with Crippen LogP contribution in [0.4, 0.5) is 0 Å². The monoisotopic (exact) mass is 381 g/mol. The molecule has 8 nitrogen and oxygen atoms in total. The van der Waals surface area contributed by atoms with E-state index < -0.39 is 28.5 Å². The normalized spacial score (nSPS) is 11.2. The van der Waals surface area contributed by atoms with Crippen LogP contribution >= 0.6 is 0 Å². The van der Waals surface area contributed by atoms with Crippen LogP contribution in [-0.2, 0) is 30.9 Å². The van der Waals surface area contributed by atoms with Gasteiger partial charge in [-0.05, 0) is 32.0 Å². The van der Waals surface area contributed by atoms with E-state index in [1.54, 1.807) is 19.1 Å². The molecular formula is C17H19NO7S. The highest BCUT2D eigenvalue weighted by molar-refractivity contribution is 7.89. The number of carbonyl (C=O) groups excluding carboxylic acids is 2. The minimum Gasteiger partial charge on any atom is -0.465 e. The van der Waals surface area contributed by atoms with Crippen LogP contribution in [0.3, 0.4) is 0 Å². The molecule has 0 bridgehead atoms. The summed E-state index contributed by atoms with van der Waals surface area (Å²) in [4.78, 5) is 23.3. The van der Waals surface area contributed by atoms with Gasteiger partial charge < -0.3 is 13.9 Å². The van der Waals surface area contributed by atoms with E-state index in [-0.39, 0.29) is 22.8 Å². The number of aryl methyl sites for hydroxylation is 2. The summed E-state index contributed by atoms with van der Waals surface area (Å²) in [5.74, 6) is -0.760. The second-order valence-electron chi connectivity index (χ2n) is 5.47. The van der Waals surface area contributed by atoms with Gasteiger partial charge in [0, 0.05) is 0 Å². The molecule has 0 atom stereocenters. The molecule has 0 aliphatic rings. The zero-order valence-electron chi connectivity index (χ0n) is 14.6. The topological polar surface area (TPSA) is 112 Å². The van der Waals surface area contributed by atoms with E-state index in [2.05, 4.69) is 9.46 Å². The van der Waals surface area contributed by atoms with E-state index in [0.717, 1.165) is 5.56 Å². The van der Waals surface area contributed by atoms with Crippen LogP contribution in [0, 0.1) is 13.8 Å². The van der Waals surface area contributed by atoms with Gasteiger partial charge in [0.2, 0.25) is 10.0 Å². The van der Waals surface area contributed by atoms with Crippen LogP contribution in [0.5, 0.6) is 0 Å². The smallest absolute Gasteiger partial charge is 0.341 e. The minimum atomic E-state index is -3.81. The first-order valence-electron chi connectivity index (χ1n) is 7.62. The highest BCUT2D eigenvalue weighted by Crippen LogP contribution is 2.16. The molecule has 0 fully saturated rings. The lowest BCUT2D eigenvalue weighted by Crippen LogP contribution is -2.30. The summed E-state index contributed by atoms with van der Waals surface area (Å²) >= 11 is 0. The van der Waals surface area contributed by atoms with E-state index >= 15 is 0 Å². The van der Waals surface area contributed by atoms with E-state index in [1.165, 1.54) is 25.3 Å². The molecule has 1 aromatic heterocycles. The average Bonchev–Trinajstić information content (AvgIpc) is 2.98. The van der Waals surface area contributed by atoms with Crippen molar-refractivity contribution in [2.45, 2.75) is 25.3 Å². The Hall–Kier alpha value is -2.65. The molecule has 0 spiro atoms. The van der Waals surface area contributed by atoms with Gasteiger partial charge in [-0.15, -0.1) is 0 Å². The summed E-state index contributed by atoms with van der Waals surface area (Å²) in [6, 6.07) is 7.62. The van der Waals surface area contributed by atoms with Gasteiger partial charge in [0.05, 0.1) is 12.0 Å². The summed E-state index contributed by atoms with van der Waals surface area (Å²) in [6.07, 6.45) is 0. The maximum Gasteiger partial charge on any atom is 0.341 e. The molecule has 0 saturated carbocycles. The molecule has 26 heavy (non-hydrogen) atoms. The van der Waals surface area contributed by atoms with Crippen molar-refractivity contribution in [2.75, 3.05) is 13.7 Å². The molecule has 140 valence electrons. The average molecular weight is 381 g/mol. The number of ether oxygens (including phenoxy) is 2. The van der Waals surface area contributed by atoms with Crippen molar-refractivity contribution >= 4 is 22.0 Å². The van der Waals surface area contributed by atoms with Crippen molar-refractivity contribution in [1.82, 2.24) is 4.72 Å². The number of sulfonamides is 1. The Labute approximate surface area is 151 Å². The highest BCUT2D eigenvalue weighted by atomic mass is 32.2. The number of hydrogen-bond donors (Lipinski definition) is 1. The maximum absolute atomic E-state index is 12.1. The molecule has 9 heteroatoms. The fourth-order valence-corrected chi connectivity index (χ4v) is 3.05. The molecule has 0 aliphatic carbocycles. The highest BCUT2D eigenvalue weighted by Gasteiger charge is 2.18. The second kappa shape index (κ2) is 8.15. The lowest BCUT2D eigenvalue weighted by Gasteiger charge is -2.07. The van der Waals surface area contributed by atoms with Crippen molar-refractivity contribution in [3.05, 3.63) is 53.0 Å². The Morgan fingerprint density at radius 1 is 1.15 bits per heavy atom. The number of furan rings is 1. The first-order chi connectivity index (χ1) is 12.2. The zero-order chi connectivity index (χ0) is 19.3. The van der Waals surface area contributed by atoms with Crippen LogP contribution in [0.25, 0.3) is 0 Å². The van der Waals surface area contributed by atoms with Crippen molar-refractivity contribution in [3.8, 4) is 0 Å². The first kappa shape index (κ1) is 19.7. The fourth-order valence-electron chi connectivity index (χ4n) is 2.08. The summed E-state index contributed by atoms with van der Waals surface area (Å²) in [5, 5.41) is 0. The van der Waals surface area contributed by atoms with Gasteiger partial charge in [0.1, 0.15) is 30.2 Å². The summed E-state index contributed by atoms with van der Waals surface area (Å²) in [6.45, 7) is 2.65. The summed E-state index contributed by atoms with van der Waals surface area (Å²) in [5.41, 5.74) is 1.15. The van der Waals surface area contributed by atoms with Crippen LogP contribution in [0.2, 0.25) is 0 Å². The van der Waals surface area contributed by atoms with Crippen molar-refractivity contribution in [3.63, 3.8) is 0 Å². The Kier molecular flexibility index (Phi) is 6.17. The Balaban J connectivity index is 1.89. The molecule has 1 heterocycles. The molecular weight excluding hydrogens is 362 g/mol. The minimum absolute atomic E-state index is 0.0558. The molecule has 0 saturated heterocycles. The predicted octanol–water partition coefficient (Wildman–Crippen LogP) is 1.70. The largest absolute Gasteiger partial charge is 0.465 e. The number of nitrogens with one attached hydrogen (secondary N) is 1. The third-order valence-electron chi connectivity index (χ3n) is 3.49. The summed E-state index contributed by atoms with van der Waals surface area (Å²) in [7, 11) is -2.56. The number of methoxy groups -OCH3 is 1. The molecule has 0 unspecified atom stereocenters. The molecule has 2 aromatic rings. The molecule has 2 rings (SSSR count). The van der Waals surface area contributed by atoms with Gasteiger partial charge in [-0.2, -0.15) is 4.72 Å². The SMILES string of the molecule is COC(=O)c1cc(COC(=O)CNS(=O)(=O)c2ccc(C)cc2)oc1C. The lowest BCUT2D eigenvalue weighted by atomic mass is 10.2.